The number of nitrogens with zero attached hydrogens (tertiary/aromatic N) is 1. The highest BCUT2D eigenvalue weighted by molar-refractivity contribution is 5.87. The first-order valence-electron chi connectivity index (χ1n) is 7.30. The molecule has 1 rings (SSSR count). The largest absolute Gasteiger partial charge is 0.479 e. The third-order valence-electron chi connectivity index (χ3n) is 3.69. The Morgan fingerprint density at radius 2 is 2.15 bits per heavy atom. The molecule has 20 heavy (non-hydrogen) atoms. The molecule has 6 heteroatoms. The van der Waals surface area contributed by atoms with E-state index in [9.17, 15) is 14.7 Å². The zero-order valence-electron chi connectivity index (χ0n) is 12.6. The maximum absolute atomic E-state index is 12.1. The van der Waals surface area contributed by atoms with E-state index in [4.69, 9.17) is 4.74 Å². The number of carboxylic acids is 1. The van der Waals surface area contributed by atoms with Crippen molar-refractivity contribution in [1.29, 1.82) is 0 Å². The molecule has 0 aromatic rings. The minimum atomic E-state index is -1.04. The van der Waals surface area contributed by atoms with Crippen LogP contribution in [0.15, 0.2) is 0 Å². The van der Waals surface area contributed by atoms with E-state index in [1.54, 1.807) is 0 Å². The van der Waals surface area contributed by atoms with Gasteiger partial charge in [0.1, 0.15) is 5.54 Å². The maximum atomic E-state index is 12.1. The average Bonchev–Trinajstić information content (AvgIpc) is 2.82. The van der Waals surface area contributed by atoms with Gasteiger partial charge in [-0.05, 0) is 25.2 Å². The quantitative estimate of drug-likeness (QED) is 0.698. The van der Waals surface area contributed by atoms with Crippen molar-refractivity contribution in [2.75, 3.05) is 26.3 Å². The Morgan fingerprint density at radius 3 is 2.70 bits per heavy atom. The number of hydrogen-bond donors (Lipinski definition) is 2. The fraction of sp³-hybridized carbons (Fsp3) is 0.857. The fourth-order valence-electron chi connectivity index (χ4n) is 2.56. The van der Waals surface area contributed by atoms with Gasteiger partial charge in [0, 0.05) is 19.7 Å². The minimum absolute atomic E-state index is 0.306. The lowest BCUT2D eigenvalue weighted by Crippen LogP contribution is -2.56. The van der Waals surface area contributed by atoms with Crippen LogP contribution in [0.3, 0.4) is 0 Å². The third-order valence-corrected chi connectivity index (χ3v) is 3.69. The number of likely N-dealkylation sites (tertiary alicyclic amines) is 1. The van der Waals surface area contributed by atoms with Crippen molar-refractivity contribution in [3.63, 3.8) is 0 Å². The second kappa shape index (κ2) is 7.47. The molecule has 0 saturated carbocycles. The lowest BCUT2D eigenvalue weighted by molar-refractivity contribution is -0.148. The molecule has 1 atom stereocenters. The summed E-state index contributed by atoms with van der Waals surface area (Å²) in [5, 5.41) is 12.1. The fourth-order valence-corrected chi connectivity index (χ4v) is 2.56. The van der Waals surface area contributed by atoms with Crippen LogP contribution < -0.4 is 5.32 Å². The summed E-state index contributed by atoms with van der Waals surface area (Å²) in [5.41, 5.74) is -1.04. The predicted octanol–water partition coefficient (Wildman–Crippen LogP) is 1.70. The second-order valence-corrected chi connectivity index (χ2v) is 5.65. The molecule has 0 radical (unpaired) electrons. The Hall–Kier alpha value is -1.30. The summed E-state index contributed by atoms with van der Waals surface area (Å²) in [5.74, 6) is -0.451. The topological polar surface area (TPSA) is 78.9 Å². The summed E-state index contributed by atoms with van der Waals surface area (Å²) < 4.78 is 5.38. The summed E-state index contributed by atoms with van der Waals surface area (Å²) in [6.07, 6.45) is 1.69. The van der Waals surface area contributed by atoms with Gasteiger partial charge in [0.15, 0.2) is 0 Å². The zero-order chi connectivity index (χ0) is 15.2. The highest BCUT2D eigenvalue weighted by Gasteiger charge is 2.48. The van der Waals surface area contributed by atoms with Crippen molar-refractivity contribution in [1.82, 2.24) is 10.2 Å². The lowest BCUT2D eigenvalue weighted by atomic mass is 9.93. The highest BCUT2D eigenvalue weighted by Crippen LogP contribution is 2.32. The van der Waals surface area contributed by atoms with Crippen LogP contribution in [-0.4, -0.2) is 53.8 Å². The normalized spacial score (nSPS) is 22.3. The third kappa shape index (κ3) is 3.85. The number of rotatable bonds is 7. The Kier molecular flexibility index (Phi) is 6.26. The molecule has 1 fully saturated rings. The van der Waals surface area contributed by atoms with Gasteiger partial charge in [0.05, 0.1) is 6.61 Å². The standard InChI is InChI=1S/C14H26N2O4/c1-4-14(12(17)18)6-5-8-16(14)13(19)15-7-9-20-10-11(2)3/h11H,4-10H2,1-3H3,(H,15,19)(H,17,18). The SMILES string of the molecule is CCC1(C(=O)O)CCCN1C(=O)NCCOCC(C)C. The smallest absolute Gasteiger partial charge is 0.329 e. The van der Waals surface area contributed by atoms with E-state index in [1.165, 1.54) is 4.90 Å². The van der Waals surface area contributed by atoms with Crippen LogP contribution in [0, 0.1) is 5.92 Å². The van der Waals surface area contributed by atoms with Crippen molar-refractivity contribution in [2.24, 2.45) is 5.92 Å². The van der Waals surface area contributed by atoms with Crippen LogP contribution in [-0.2, 0) is 9.53 Å². The Bertz CT molecular complexity index is 346. The summed E-state index contributed by atoms with van der Waals surface area (Å²) in [7, 11) is 0. The lowest BCUT2D eigenvalue weighted by Gasteiger charge is -2.33. The number of amides is 2. The Balaban J connectivity index is 2.44. The molecule has 1 aliphatic rings. The van der Waals surface area contributed by atoms with Crippen LogP contribution in [0.5, 0.6) is 0 Å². The molecule has 0 bridgehead atoms. The van der Waals surface area contributed by atoms with Gasteiger partial charge in [-0.15, -0.1) is 0 Å². The van der Waals surface area contributed by atoms with E-state index in [2.05, 4.69) is 19.2 Å². The summed E-state index contributed by atoms with van der Waals surface area (Å²) in [4.78, 5) is 25.0. The number of hydrogen-bond acceptors (Lipinski definition) is 3. The van der Waals surface area contributed by atoms with Crippen LogP contribution >= 0.6 is 0 Å². The van der Waals surface area contributed by atoms with Crippen molar-refractivity contribution in [2.45, 2.75) is 45.6 Å². The van der Waals surface area contributed by atoms with Crippen molar-refractivity contribution in [3.05, 3.63) is 0 Å². The first-order valence-corrected chi connectivity index (χ1v) is 7.30. The molecule has 1 heterocycles. The van der Waals surface area contributed by atoms with Gasteiger partial charge in [-0.25, -0.2) is 9.59 Å². The van der Waals surface area contributed by atoms with E-state index < -0.39 is 11.5 Å². The molecule has 2 N–H and O–H groups in total. The highest BCUT2D eigenvalue weighted by atomic mass is 16.5. The number of ether oxygens (including phenoxy) is 1. The molecule has 0 aliphatic carbocycles. The molecular formula is C14H26N2O4. The van der Waals surface area contributed by atoms with Crippen molar-refractivity contribution in [3.8, 4) is 0 Å². The van der Waals surface area contributed by atoms with Crippen LogP contribution in [0.4, 0.5) is 4.79 Å². The molecule has 1 aliphatic heterocycles. The van der Waals surface area contributed by atoms with E-state index in [0.717, 1.165) is 6.42 Å². The molecular weight excluding hydrogens is 260 g/mol. The van der Waals surface area contributed by atoms with Crippen LogP contribution in [0.1, 0.15) is 40.0 Å². The molecule has 0 aromatic heterocycles. The Morgan fingerprint density at radius 1 is 1.45 bits per heavy atom. The van der Waals surface area contributed by atoms with E-state index in [-0.39, 0.29) is 6.03 Å². The van der Waals surface area contributed by atoms with Crippen molar-refractivity contribution < 1.29 is 19.4 Å². The first-order chi connectivity index (χ1) is 9.44. The number of aliphatic carboxylic acids is 1. The van der Waals surface area contributed by atoms with Gasteiger partial charge < -0.3 is 20.1 Å². The van der Waals surface area contributed by atoms with Gasteiger partial charge in [0.2, 0.25) is 0 Å². The van der Waals surface area contributed by atoms with Crippen molar-refractivity contribution >= 4 is 12.0 Å². The number of carbonyl (C=O) groups excluding carboxylic acids is 1. The first kappa shape index (κ1) is 16.8. The van der Waals surface area contributed by atoms with Crippen LogP contribution in [0.25, 0.3) is 0 Å². The molecule has 1 unspecified atom stereocenters. The molecule has 2 amide bonds. The number of nitrogens with one attached hydrogen (secondary N) is 1. The number of carbonyl (C=O) groups is 2. The van der Waals surface area contributed by atoms with Gasteiger partial charge in [-0.1, -0.05) is 20.8 Å². The minimum Gasteiger partial charge on any atom is -0.479 e. The van der Waals surface area contributed by atoms with Gasteiger partial charge in [0.25, 0.3) is 0 Å². The molecule has 6 nitrogen and oxygen atoms in total. The number of carboxylic acid groups (broad SMARTS) is 1. The second-order valence-electron chi connectivity index (χ2n) is 5.65. The van der Waals surface area contributed by atoms with Gasteiger partial charge >= 0.3 is 12.0 Å². The zero-order valence-corrected chi connectivity index (χ0v) is 12.6. The summed E-state index contributed by atoms with van der Waals surface area (Å²) in [6, 6.07) is -0.306. The summed E-state index contributed by atoms with van der Waals surface area (Å²) >= 11 is 0. The predicted molar refractivity (Wildman–Crippen MR) is 75.7 cm³/mol. The Labute approximate surface area is 120 Å². The number of urea groups is 1. The van der Waals surface area contributed by atoms with Gasteiger partial charge in [-0.3, -0.25) is 0 Å². The maximum Gasteiger partial charge on any atom is 0.329 e. The van der Waals surface area contributed by atoms with Crippen LogP contribution in [0.2, 0.25) is 0 Å². The molecule has 0 aromatic carbocycles. The van der Waals surface area contributed by atoms with Gasteiger partial charge in [-0.2, -0.15) is 0 Å². The molecule has 0 spiro atoms. The summed E-state index contributed by atoms with van der Waals surface area (Å²) in [6.45, 7) is 7.94. The molecule has 116 valence electrons. The van der Waals surface area contributed by atoms with E-state index in [1.807, 2.05) is 6.92 Å². The monoisotopic (exact) mass is 286 g/mol. The average molecular weight is 286 g/mol. The van der Waals surface area contributed by atoms with E-state index >= 15 is 0 Å². The molecule has 1 saturated heterocycles. The van der Waals surface area contributed by atoms with E-state index in [0.29, 0.717) is 45.1 Å².